The first kappa shape index (κ1) is 19.5. The monoisotopic (exact) mass is 387 g/mol. The van der Waals surface area contributed by atoms with Crippen LogP contribution in [0.25, 0.3) is 0 Å². The predicted molar refractivity (Wildman–Crippen MR) is 100 cm³/mol. The van der Waals surface area contributed by atoms with Crippen LogP contribution < -0.4 is 10.1 Å². The fraction of sp³-hybridized carbons (Fsp3) is 0.250. The Morgan fingerprint density at radius 2 is 1.86 bits per heavy atom. The maximum atomic E-state index is 13.8. The van der Waals surface area contributed by atoms with Crippen LogP contribution in [0.3, 0.4) is 0 Å². The zero-order valence-corrected chi connectivity index (χ0v) is 15.6. The highest BCUT2D eigenvalue weighted by Gasteiger charge is 2.41. The normalized spacial score (nSPS) is 15.4. The lowest BCUT2D eigenvalue weighted by Gasteiger charge is -2.28. The van der Waals surface area contributed by atoms with Crippen LogP contribution in [-0.4, -0.2) is 41.7 Å². The average Bonchev–Trinajstić information content (AvgIpc) is 2.86. The average molecular weight is 387 g/mol. The van der Waals surface area contributed by atoms with Crippen molar-refractivity contribution in [1.82, 2.24) is 4.90 Å². The summed E-state index contributed by atoms with van der Waals surface area (Å²) < 4.78 is 31.7. The van der Waals surface area contributed by atoms with Gasteiger partial charge in [0, 0.05) is 17.3 Å². The van der Waals surface area contributed by atoms with Gasteiger partial charge in [0.2, 0.25) is 5.91 Å². The number of nitrogens with one attached hydrogen (secondary N) is 1. The number of nitrogens with zero attached hydrogens (tertiary/aromatic N) is 2. The summed E-state index contributed by atoms with van der Waals surface area (Å²) in [7, 11) is 1.34. The number of methoxy groups -OCH3 is 1. The largest absolute Gasteiger partial charge is 0.494 e. The van der Waals surface area contributed by atoms with Crippen LogP contribution in [0.15, 0.2) is 47.5 Å². The number of aliphatic imine (C=N–C) groups is 1. The lowest BCUT2D eigenvalue weighted by molar-refractivity contribution is -0.131. The van der Waals surface area contributed by atoms with E-state index in [9.17, 15) is 18.4 Å². The van der Waals surface area contributed by atoms with Crippen molar-refractivity contribution in [1.29, 1.82) is 0 Å². The van der Waals surface area contributed by atoms with E-state index in [2.05, 4.69) is 10.3 Å². The Morgan fingerprint density at radius 1 is 1.18 bits per heavy atom. The minimum Gasteiger partial charge on any atom is -0.494 e. The number of benzene rings is 2. The minimum atomic E-state index is -0.955. The molecule has 0 spiro atoms. The lowest BCUT2D eigenvalue weighted by Crippen LogP contribution is -2.46. The van der Waals surface area contributed by atoms with E-state index in [1.165, 1.54) is 48.4 Å². The first-order valence-corrected chi connectivity index (χ1v) is 8.52. The molecule has 0 unspecified atom stereocenters. The number of carbonyl (C=O) groups excluding carboxylic acids is 2. The van der Waals surface area contributed by atoms with Gasteiger partial charge in [-0.2, -0.15) is 0 Å². The van der Waals surface area contributed by atoms with Crippen molar-refractivity contribution in [3.63, 3.8) is 0 Å². The van der Waals surface area contributed by atoms with Crippen LogP contribution >= 0.6 is 0 Å². The lowest BCUT2D eigenvalue weighted by atomic mass is 10.1. The van der Waals surface area contributed by atoms with E-state index in [-0.39, 0.29) is 23.7 Å². The number of amides is 2. The highest BCUT2D eigenvalue weighted by molar-refractivity contribution is 6.47. The molecule has 146 valence electrons. The number of ether oxygens (including phenoxy) is 1. The van der Waals surface area contributed by atoms with Gasteiger partial charge in [-0.3, -0.25) is 14.6 Å². The molecule has 2 amide bonds. The molecular weight excluding hydrogens is 368 g/mol. The number of rotatable bonds is 5. The minimum absolute atomic E-state index is 0.0613. The standard InChI is InChI=1S/C20H19F2N3O3/c1-20(2)24-18(12-4-6-13(21)7-5-12)19(27)25(20)11-17(26)23-14-8-9-16(28-3)15(22)10-14/h4-10H,11H2,1-3H3,(H,23,26). The summed E-state index contributed by atoms with van der Waals surface area (Å²) in [6.07, 6.45) is 0. The summed E-state index contributed by atoms with van der Waals surface area (Å²) in [4.78, 5) is 30.9. The molecule has 1 aliphatic rings. The fourth-order valence-corrected chi connectivity index (χ4v) is 2.91. The summed E-state index contributed by atoms with van der Waals surface area (Å²) in [5.41, 5.74) is -0.0798. The van der Waals surface area contributed by atoms with Crippen molar-refractivity contribution >= 4 is 23.2 Å². The Hall–Kier alpha value is -3.29. The number of halogens is 2. The van der Waals surface area contributed by atoms with Gasteiger partial charge in [0.15, 0.2) is 11.6 Å². The van der Waals surface area contributed by atoms with Crippen LogP contribution in [0.2, 0.25) is 0 Å². The highest BCUT2D eigenvalue weighted by Crippen LogP contribution is 2.27. The molecule has 0 atom stereocenters. The quantitative estimate of drug-likeness (QED) is 0.858. The molecule has 28 heavy (non-hydrogen) atoms. The Kier molecular flexibility index (Phi) is 5.13. The second-order valence-corrected chi connectivity index (χ2v) is 6.75. The van der Waals surface area contributed by atoms with Crippen LogP contribution in [-0.2, 0) is 9.59 Å². The van der Waals surface area contributed by atoms with E-state index in [1.54, 1.807) is 13.8 Å². The van der Waals surface area contributed by atoms with Gasteiger partial charge < -0.3 is 15.0 Å². The second-order valence-electron chi connectivity index (χ2n) is 6.75. The summed E-state index contributed by atoms with van der Waals surface area (Å²) in [5.74, 6) is -1.91. The first-order chi connectivity index (χ1) is 13.2. The molecule has 0 bridgehead atoms. The maximum absolute atomic E-state index is 13.8. The van der Waals surface area contributed by atoms with Gasteiger partial charge in [-0.15, -0.1) is 0 Å². The molecule has 8 heteroatoms. The number of anilines is 1. The molecule has 2 aromatic carbocycles. The zero-order chi connectivity index (χ0) is 20.5. The topological polar surface area (TPSA) is 71.0 Å². The van der Waals surface area contributed by atoms with Crippen molar-refractivity contribution in [3.05, 3.63) is 59.7 Å². The molecule has 0 aromatic heterocycles. The van der Waals surface area contributed by atoms with E-state index >= 15 is 0 Å². The van der Waals surface area contributed by atoms with Crippen molar-refractivity contribution in [3.8, 4) is 5.75 Å². The molecule has 0 aliphatic carbocycles. The highest BCUT2D eigenvalue weighted by atomic mass is 19.1. The molecule has 3 rings (SSSR count). The van der Waals surface area contributed by atoms with Crippen molar-refractivity contribution in [2.24, 2.45) is 4.99 Å². The van der Waals surface area contributed by atoms with Gasteiger partial charge in [-0.1, -0.05) is 0 Å². The molecular formula is C20H19F2N3O3. The van der Waals surface area contributed by atoms with E-state index in [0.29, 0.717) is 5.56 Å². The molecule has 0 saturated carbocycles. The van der Waals surface area contributed by atoms with E-state index in [4.69, 9.17) is 4.74 Å². The third-order valence-electron chi connectivity index (χ3n) is 4.35. The Labute approximate surface area is 160 Å². The molecule has 1 heterocycles. The van der Waals surface area contributed by atoms with Crippen molar-refractivity contribution in [2.75, 3.05) is 19.0 Å². The predicted octanol–water partition coefficient (Wildman–Crippen LogP) is 2.98. The summed E-state index contributed by atoms with van der Waals surface area (Å²) in [6.45, 7) is 3.12. The summed E-state index contributed by atoms with van der Waals surface area (Å²) >= 11 is 0. The van der Waals surface area contributed by atoms with Crippen LogP contribution in [0, 0.1) is 11.6 Å². The molecule has 2 aromatic rings. The third kappa shape index (κ3) is 3.85. The molecule has 0 fully saturated rings. The van der Waals surface area contributed by atoms with Crippen molar-refractivity contribution < 1.29 is 23.1 Å². The van der Waals surface area contributed by atoms with Gasteiger partial charge in [-0.05, 0) is 50.2 Å². The second kappa shape index (κ2) is 7.38. The molecule has 0 radical (unpaired) electrons. The summed E-state index contributed by atoms with van der Waals surface area (Å²) in [5, 5.41) is 2.55. The van der Waals surface area contributed by atoms with Gasteiger partial charge in [-0.25, -0.2) is 8.78 Å². The zero-order valence-electron chi connectivity index (χ0n) is 15.6. The smallest absolute Gasteiger partial charge is 0.275 e. The van der Waals surface area contributed by atoms with Crippen LogP contribution in [0.5, 0.6) is 5.75 Å². The van der Waals surface area contributed by atoms with Crippen LogP contribution in [0.4, 0.5) is 14.5 Å². The Bertz CT molecular complexity index is 956. The maximum Gasteiger partial charge on any atom is 0.275 e. The van der Waals surface area contributed by atoms with Gasteiger partial charge in [0.1, 0.15) is 23.7 Å². The van der Waals surface area contributed by atoms with E-state index in [0.717, 1.165) is 6.07 Å². The molecule has 6 nitrogen and oxygen atoms in total. The van der Waals surface area contributed by atoms with E-state index in [1.807, 2.05) is 0 Å². The number of hydrogen-bond donors (Lipinski definition) is 1. The first-order valence-electron chi connectivity index (χ1n) is 8.52. The van der Waals surface area contributed by atoms with Crippen molar-refractivity contribution in [2.45, 2.75) is 19.5 Å². The van der Waals surface area contributed by atoms with Gasteiger partial charge in [0.05, 0.1) is 7.11 Å². The third-order valence-corrected chi connectivity index (χ3v) is 4.35. The molecule has 1 N–H and O–H groups in total. The van der Waals surface area contributed by atoms with Gasteiger partial charge in [0.25, 0.3) is 5.91 Å². The fourth-order valence-electron chi connectivity index (χ4n) is 2.91. The number of hydrogen-bond acceptors (Lipinski definition) is 4. The summed E-state index contributed by atoms with van der Waals surface area (Å²) in [6, 6.07) is 9.44. The van der Waals surface area contributed by atoms with Gasteiger partial charge >= 0.3 is 0 Å². The Balaban J connectivity index is 1.73. The Morgan fingerprint density at radius 3 is 2.46 bits per heavy atom. The SMILES string of the molecule is COc1ccc(NC(=O)CN2C(=O)C(c3ccc(F)cc3)=NC2(C)C)cc1F. The van der Waals surface area contributed by atoms with Crippen LogP contribution in [0.1, 0.15) is 19.4 Å². The molecule has 1 aliphatic heterocycles. The van der Waals surface area contributed by atoms with E-state index < -0.39 is 29.1 Å². The molecule has 0 saturated heterocycles. The number of carbonyl (C=O) groups is 2.